The van der Waals surface area contributed by atoms with Crippen LogP contribution >= 0.6 is 11.6 Å². The molecule has 0 radical (unpaired) electrons. The van der Waals surface area contributed by atoms with Crippen LogP contribution in [0.4, 0.5) is 0 Å². The Morgan fingerprint density at radius 1 is 1.17 bits per heavy atom. The van der Waals surface area contributed by atoms with Crippen LogP contribution in [0.1, 0.15) is 42.9 Å². The number of hydrogen-bond donors (Lipinski definition) is 1. The van der Waals surface area contributed by atoms with E-state index in [1.54, 1.807) is 29.9 Å². The van der Waals surface area contributed by atoms with E-state index >= 15 is 0 Å². The lowest BCUT2D eigenvalue weighted by molar-refractivity contribution is 0.322. The summed E-state index contributed by atoms with van der Waals surface area (Å²) in [5, 5.41) is 9.84. The summed E-state index contributed by atoms with van der Waals surface area (Å²) in [6, 6.07) is 13.4. The van der Waals surface area contributed by atoms with Gasteiger partial charge in [-0.25, -0.2) is 4.79 Å². The number of methoxy groups -OCH3 is 1. The number of nitrogens with zero attached hydrogens (tertiary/aromatic N) is 3. The van der Waals surface area contributed by atoms with Crippen LogP contribution in [0.2, 0.25) is 5.02 Å². The lowest BCUT2D eigenvalue weighted by Crippen LogP contribution is -2.33. The van der Waals surface area contributed by atoms with Gasteiger partial charge in [0.05, 0.1) is 41.3 Å². The molecule has 0 bridgehead atoms. The van der Waals surface area contributed by atoms with Crippen molar-refractivity contribution in [2.75, 3.05) is 7.11 Å². The van der Waals surface area contributed by atoms with E-state index in [1.807, 2.05) is 22.8 Å². The number of benzene rings is 2. The van der Waals surface area contributed by atoms with E-state index in [9.17, 15) is 10.1 Å². The summed E-state index contributed by atoms with van der Waals surface area (Å²) in [4.78, 5) is 13.4. The Balaban J connectivity index is 1.82. The van der Waals surface area contributed by atoms with Gasteiger partial charge in [0, 0.05) is 12.1 Å². The Hall–Kier alpha value is -2.75. The van der Waals surface area contributed by atoms with Crippen LogP contribution < -0.4 is 16.2 Å². The zero-order valence-corrected chi connectivity index (χ0v) is 17.0. The van der Waals surface area contributed by atoms with Crippen molar-refractivity contribution in [1.29, 1.82) is 5.26 Å². The predicted molar refractivity (Wildman–Crippen MR) is 113 cm³/mol. The van der Waals surface area contributed by atoms with Crippen molar-refractivity contribution in [1.82, 2.24) is 9.13 Å². The Bertz CT molecular complexity index is 1150. The molecule has 29 heavy (non-hydrogen) atoms. The molecule has 0 saturated heterocycles. The van der Waals surface area contributed by atoms with Gasteiger partial charge in [-0.15, -0.1) is 0 Å². The number of nitrogens with two attached hydrogens (primary N) is 1. The van der Waals surface area contributed by atoms with Crippen LogP contribution in [0.5, 0.6) is 5.75 Å². The summed E-state index contributed by atoms with van der Waals surface area (Å²) in [5.74, 6) is 0.593. The molecule has 7 heteroatoms. The molecule has 6 nitrogen and oxygen atoms in total. The third kappa shape index (κ3) is 3.64. The van der Waals surface area contributed by atoms with Gasteiger partial charge in [0.15, 0.2) is 0 Å². The monoisotopic (exact) mass is 410 g/mol. The normalized spacial score (nSPS) is 19.2. The molecule has 1 aromatic heterocycles. The molecule has 4 rings (SSSR count). The summed E-state index contributed by atoms with van der Waals surface area (Å²) < 4.78 is 8.82. The van der Waals surface area contributed by atoms with Crippen LogP contribution in [0.25, 0.3) is 11.0 Å². The molecule has 1 aliphatic rings. The summed E-state index contributed by atoms with van der Waals surface area (Å²) in [6.07, 6.45) is 3.59. The van der Waals surface area contributed by atoms with E-state index in [1.165, 1.54) is 0 Å². The average Bonchev–Trinajstić information content (AvgIpc) is 3.00. The summed E-state index contributed by atoms with van der Waals surface area (Å²) >= 11 is 6.27. The Labute approximate surface area is 174 Å². The van der Waals surface area contributed by atoms with Gasteiger partial charge in [0.2, 0.25) is 0 Å². The van der Waals surface area contributed by atoms with E-state index in [0.29, 0.717) is 22.9 Å². The van der Waals surface area contributed by atoms with Crippen LogP contribution in [-0.4, -0.2) is 22.3 Å². The molecule has 2 N–H and O–H groups in total. The van der Waals surface area contributed by atoms with Crippen LogP contribution in [0.3, 0.4) is 0 Å². The Morgan fingerprint density at radius 2 is 1.93 bits per heavy atom. The van der Waals surface area contributed by atoms with Crippen molar-refractivity contribution in [3.63, 3.8) is 0 Å². The Morgan fingerprint density at radius 3 is 2.59 bits per heavy atom. The molecule has 1 saturated carbocycles. The van der Waals surface area contributed by atoms with Gasteiger partial charge in [-0.2, -0.15) is 5.26 Å². The fourth-order valence-corrected chi connectivity index (χ4v) is 4.49. The van der Waals surface area contributed by atoms with Gasteiger partial charge < -0.3 is 10.5 Å². The van der Waals surface area contributed by atoms with Crippen molar-refractivity contribution in [2.45, 2.75) is 44.3 Å². The molecule has 150 valence electrons. The third-order valence-electron chi connectivity index (χ3n) is 5.76. The van der Waals surface area contributed by atoms with E-state index in [-0.39, 0.29) is 17.8 Å². The average molecular weight is 411 g/mol. The van der Waals surface area contributed by atoms with Crippen molar-refractivity contribution in [3.8, 4) is 11.8 Å². The minimum atomic E-state index is -0.0671. The van der Waals surface area contributed by atoms with Crippen LogP contribution in [0, 0.1) is 11.3 Å². The van der Waals surface area contributed by atoms with Crippen LogP contribution in [-0.2, 0) is 6.54 Å². The molecule has 1 aliphatic carbocycles. The first kappa shape index (κ1) is 19.6. The SMILES string of the molecule is COc1ccc(Cn2c(=O)n([C@H]3CC[C@H](N)CC3)c3ccc(C#N)cc32)cc1Cl. The molecule has 2 aromatic carbocycles. The molecule has 0 unspecified atom stereocenters. The number of hydrogen-bond acceptors (Lipinski definition) is 4. The second kappa shape index (κ2) is 7.94. The second-order valence-corrected chi connectivity index (χ2v) is 8.00. The molecule has 1 fully saturated rings. The van der Waals surface area contributed by atoms with Crippen molar-refractivity contribution < 1.29 is 4.74 Å². The van der Waals surface area contributed by atoms with Gasteiger partial charge in [-0.3, -0.25) is 9.13 Å². The summed E-state index contributed by atoms with van der Waals surface area (Å²) in [7, 11) is 1.57. The number of aromatic nitrogens is 2. The van der Waals surface area contributed by atoms with Gasteiger partial charge >= 0.3 is 5.69 Å². The molecule has 0 spiro atoms. The molecular weight excluding hydrogens is 388 g/mol. The highest BCUT2D eigenvalue weighted by atomic mass is 35.5. The number of ether oxygens (including phenoxy) is 1. The molecule has 0 atom stereocenters. The van der Waals surface area contributed by atoms with E-state index in [2.05, 4.69) is 6.07 Å². The van der Waals surface area contributed by atoms with Gasteiger partial charge in [0.1, 0.15) is 5.75 Å². The fraction of sp³-hybridized carbons (Fsp3) is 0.364. The largest absolute Gasteiger partial charge is 0.495 e. The minimum Gasteiger partial charge on any atom is -0.495 e. The maximum atomic E-state index is 13.4. The molecular formula is C22H23ClN4O2. The van der Waals surface area contributed by atoms with Gasteiger partial charge in [-0.05, 0) is 61.6 Å². The number of imidazole rings is 1. The first-order chi connectivity index (χ1) is 14.0. The van der Waals surface area contributed by atoms with Gasteiger partial charge in [-0.1, -0.05) is 17.7 Å². The number of fused-ring (bicyclic) bond motifs is 1. The van der Waals surface area contributed by atoms with Crippen molar-refractivity contribution in [3.05, 3.63) is 63.0 Å². The van der Waals surface area contributed by atoms with Crippen molar-refractivity contribution in [2.24, 2.45) is 5.73 Å². The summed E-state index contributed by atoms with van der Waals surface area (Å²) in [5.41, 5.74) is 9.03. The second-order valence-electron chi connectivity index (χ2n) is 7.59. The standard InChI is InChI=1S/C22H23ClN4O2/c1-29-21-9-3-15(10-18(21)23)13-26-20-11-14(12-24)2-8-19(20)27(22(26)28)17-6-4-16(25)5-7-17/h2-3,8-11,16-17H,4-7,13,25H2,1H3/t16-,17-. The molecule has 0 amide bonds. The maximum absolute atomic E-state index is 13.4. The quantitative estimate of drug-likeness (QED) is 0.708. The lowest BCUT2D eigenvalue weighted by atomic mass is 9.91. The maximum Gasteiger partial charge on any atom is 0.329 e. The van der Waals surface area contributed by atoms with Crippen molar-refractivity contribution >= 4 is 22.6 Å². The lowest BCUT2D eigenvalue weighted by Gasteiger charge is -2.27. The first-order valence-corrected chi connectivity index (χ1v) is 10.1. The molecule has 0 aliphatic heterocycles. The number of halogens is 1. The fourth-order valence-electron chi connectivity index (χ4n) is 4.21. The molecule has 3 aromatic rings. The number of nitriles is 1. The first-order valence-electron chi connectivity index (χ1n) is 9.74. The Kier molecular flexibility index (Phi) is 5.35. The van der Waals surface area contributed by atoms with E-state index in [4.69, 9.17) is 22.1 Å². The topological polar surface area (TPSA) is 86.0 Å². The highest BCUT2D eigenvalue weighted by Crippen LogP contribution is 2.31. The minimum absolute atomic E-state index is 0.0671. The van der Waals surface area contributed by atoms with Crippen LogP contribution in [0.15, 0.2) is 41.2 Å². The number of rotatable bonds is 4. The van der Waals surface area contributed by atoms with E-state index in [0.717, 1.165) is 42.3 Å². The smallest absolute Gasteiger partial charge is 0.329 e. The predicted octanol–water partition coefficient (Wildman–Crippen LogP) is 3.83. The van der Waals surface area contributed by atoms with Gasteiger partial charge in [0.25, 0.3) is 0 Å². The van der Waals surface area contributed by atoms with E-state index < -0.39 is 0 Å². The zero-order chi connectivity index (χ0) is 20.5. The zero-order valence-electron chi connectivity index (χ0n) is 16.3. The molecule has 1 heterocycles. The summed E-state index contributed by atoms with van der Waals surface area (Å²) in [6.45, 7) is 0.368. The highest BCUT2D eigenvalue weighted by molar-refractivity contribution is 6.32. The third-order valence-corrected chi connectivity index (χ3v) is 6.05. The highest BCUT2D eigenvalue weighted by Gasteiger charge is 2.25.